The number of carbonyl (C=O) groups excluding carboxylic acids is 1. The van der Waals surface area contributed by atoms with Gasteiger partial charge in [-0.1, -0.05) is 0 Å². The van der Waals surface area contributed by atoms with Gasteiger partial charge >= 0.3 is 0 Å². The van der Waals surface area contributed by atoms with Crippen molar-refractivity contribution in [1.82, 2.24) is 0 Å². The molecule has 0 amide bonds. The fourth-order valence-corrected chi connectivity index (χ4v) is 2.33. The molecular formula is C8H10BrNO2S. The number of nitrogens with two attached hydrogens (primary N) is 1. The van der Waals surface area contributed by atoms with Gasteiger partial charge in [0.1, 0.15) is 6.61 Å². The Balaban J connectivity index is 2.45. The average Bonchev–Trinajstić information content (AvgIpc) is 2.52. The van der Waals surface area contributed by atoms with Crippen molar-refractivity contribution in [2.45, 2.75) is 0 Å². The van der Waals surface area contributed by atoms with Crippen LogP contribution >= 0.6 is 27.3 Å². The van der Waals surface area contributed by atoms with E-state index in [-0.39, 0.29) is 12.4 Å². The summed E-state index contributed by atoms with van der Waals surface area (Å²) in [6.45, 7) is 0.976. The van der Waals surface area contributed by atoms with Gasteiger partial charge in [-0.15, -0.1) is 11.3 Å². The number of hydrogen-bond donors (Lipinski definition) is 1. The molecule has 0 fully saturated rings. The highest BCUT2D eigenvalue weighted by Crippen LogP contribution is 2.22. The normalized spacial score (nSPS) is 10.3. The number of ether oxygens (including phenoxy) is 1. The molecule has 1 rings (SSSR count). The van der Waals surface area contributed by atoms with E-state index in [0.29, 0.717) is 18.0 Å². The molecule has 0 saturated heterocycles. The lowest BCUT2D eigenvalue weighted by Gasteiger charge is -1.99. The minimum atomic E-state index is -0.00433. The summed E-state index contributed by atoms with van der Waals surface area (Å²) < 4.78 is 5.87. The minimum Gasteiger partial charge on any atom is -0.372 e. The highest BCUT2D eigenvalue weighted by Gasteiger charge is 2.10. The van der Waals surface area contributed by atoms with Crippen LogP contribution in [0.15, 0.2) is 15.9 Å². The quantitative estimate of drug-likeness (QED) is 0.650. The van der Waals surface area contributed by atoms with Gasteiger partial charge in [0.15, 0.2) is 5.78 Å². The molecule has 0 aliphatic heterocycles. The molecule has 0 saturated carbocycles. The first kappa shape index (κ1) is 10.8. The topological polar surface area (TPSA) is 52.3 Å². The number of halogens is 1. The summed E-state index contributed by atoms with van der Waals surface area (Å²) in [5.41, 5.74) is 5.22. The van der Waals surface area contributed by atoms with Crippen LogP contribution in [0.1, 0.15) is 9.67 Å². The van der Waals surface area contributed by atoms with Crippen molar-refractivity contribution in [2.75, 3.05) is 19.8 Å². The number of ketones is 1. The highest BCUT2D eigenvalue weighted by molar-refractivity contribution is 9.10. The summed E-state index contributed by atoms with van der Waals surface area (Å²) >= 11 is 4.69. The molecule has 1 heterocycles. The molecule has 1 aromatic heterocycles. The largest absolute Gasteiger partial charge is 0.372 e. The van der Waals surface area contributed by atoms with Crippen molar-refractivity contribution in [3.8, 4) is 0 Å². The van der Waals surface area contributed by atoms with Gasteiger partial charge in [0.2, 0.25) is 0 Å². The fraction of sp³-hybridized carbons (Fsp3) is 0.375. The van der Waals surface area contributed by atoms with Crippen LogP contribution < -0.4 is 5.73 Å². The third kappa shape index (κ3) is 3.19. The second kappa shape index (κ2) is 5.49. The van der Waals surface area contributed by atoms with Crippen LogP contribution in [-0.4, -0.2) is 25.5 Å². The van der Waals surface area contributed by atoms with E-state index in [1.54, 1.807) is 0 Å². The lowest BCUT2D eigenvalue weighted by atomic mass is 10.3. The maximum Gasteiger partial charge on any atom is 0.199 e. The molecule has 0 aromatic carbocycles. The smallest absolute Gasteiger partial charge is 0.199 e. The average molecular weight is 264 g/mol. The summed E-state index contributed by atoms with van der Waals surface area (Å²) in [7, 11) is 0. The fourth-order valence-electron chi connectivity index (χ4n) is 0.806. The molecule has 0 radical (unpaired) electrons. The van der Waals surface area contributed by atoms with Crippen LogP contribution in [0.25, 0.3) is 0 Å². The second-order valence-corrected chi connectivity index (χ2v) is 4.13. The van der Waals surface area contributed by atoms with E-state index in [9.17, 15) is 4.79 Å². The van der Waals surface area contributed by atoms with Crippen molar-refractivity contribution >= 4 is 33.0 Å². The van der Waals surface area contributed by atoms with Crippen LogP contribution in [0.3, 0.4) is 0 Å². The minimum absolute atomic E-state index is 0.00433. The third-order valence-electron chi connectivity index (χ3n) is 1.37. The Hall–Kier alpha value is -0.230. The molecular weight excluding hydrogens is 254 g/mol. The lowest BCUT2D eigenvalue weighted by molar-refractivity contribution is 0.0777. The van der Waals surface area contributed by atoms with Crippen LogP contribution in [0.2, 0.25) is 0 Å². The Labute approximate surface area is 89.0 Å². The maximum absolute atomic E-state index is 11.4. The van der Waals surface area contributed by atoms with Crippen LogP contribution in [-0.2, 0) is 4.74 Å². The molecule has 0 aliphatic rings. The van der Waals surface area contributed by atoms with E-state index in [1.807, 2.05) is 11.4 Å². The molecule has 1 aromatic rings. The van der Waals surface area contributed by atoms with E-state index in [2.05, 4.69) is 15.9 Å². The second-order valence-electron chi connectivity index (χ2n) is 2.36. The summed E-state index contributed by atoms with van der Waals surface area (Å²) in [5, 5.41) is 1.86. The number of Topliss-reactive ketones (excluding diaryl/α,β-unsaturated/α-hetero) is 1. The Kier molecular flexibility index (Phi) is 4.58. The van der Waals surface area contributed by atoms with Crippen molar-refractivity contribution in [3.05, 3.63) is 20.8 Å². The van der Waals surface area contributed by atoms with Crippen molar-refractivity contribution in [3.63, 3.8) is 0 Å². The number of rotatable bonds is 5. The predicted molar refractivity (Wildman–Crippen MR) is 56.2 cm³/mol. The van der Waals surface area contributed by atoms with Gasteiger partial charge in [-0.05, 0) is 27.4 Å². The summed E-state index contributed by atoms with van der Waals surface area (Å²) in [6.07, 6.45) is 0. The van der Waals surface area contributed by atoms with E-state index in [4.69, 9.17) is 10.5 Å². The van der Waals surface area contributed by atoms with Gasteiger partial charge in [-0.25, -0.2) is 0 Å². The molecule has 0 atom stereocenters. The molecule has 0 unspecified atom stereocenters. The van der Waals surface area contributed by atoms with Crippen molar-refractivity contribution < 1.29 is 9.53 Å². The van der Waals surface area contributed by atoms with Crippen LogP contribution in [0.5, 0.6) is 0 Å². The predicted octanol–water partition coefficient (Wildman–Crippen LogP) is 1.67. The van der Waals surface area contributed by atoms with Gasteiger partial charge < -0.3 is 10.5 Å². The number of carbonyl (C=O) groups is 1. The van der Waals surface area contributed by atoms with E-state index < -0.39 is 0 Å². The molecule has 0 aliphatic carbocycles. The molecule has 0 bridgehead atoms. The zero-order valence-corrected chi connectivity index (χ0v) is 9.36. The lowest BCUT2D eigenvalue weighted by Crippen LogP contribution is -2.14. The van der Waals surface area contributed by atoms with Gasteiger partial charge in [-0.2, -0.15) is 0 Å². The molecule has 3 nitrogen and oxygen atoms in total. The number of hydrogen-bond acceptors (Lipinski definition) is 4. The first-order chi connectivity index (χ1) is 6.25. The van der Waals surface area contributed by atoms with Crippen molar-refractivity contribution in [2.24, 2.45) is 5.73 Å². The van der Waals surface area contributed by atoms with E-state index in [0.717, 1.165) is 4.47 Å². The standard InChI is InChI=1S/C8H10BrNO2S/c9-6-1-4-13-8(6)7(11)5-12-3-2-10/h1,4H,2-3,5,10H2. The Bertz CT molecular complexity index is 287. The summed E-state index contributed by atoms with van der Waals surface area (Å²) in [4.78, 5) is 12.1. The summed E-state index contributed by atoms with van der Waals surface area (Å²) in [5.74, 6) is -0.00433. The maximum atomic E-state index is 11.4. The zero-order valence-electron chi connectivity index (χ0n) is 6.96. The molecule has 2 N–H and O–H groups in total. The van der Waals surface area contributed by atoms with Gasteiger partial charge in [0, 0.05) is 11.0 Å². The highest BCUT2D eigenvalue weighted by atomic mass is 79.9. The SMILES string of the molecule is NCCOCC(=O)c1sccc1Br. The molecule has 13 heavy (non-hydrogen) atoms. The Morgan fingerprint density at radius 1 is 1.69 bits per heavy atom. The molecule has 5 heteroatoms. The van der Waals surface area contributed by atoms with Crippen molar-refractivity contribution in [1.29, 1.82) is 0 Å². The first-order valence-electron chi connectivity index (χ1n) is 3.79. The van der Waals surface area contributed by atoms with Crippen LogP contribution in [0.4, 0.5) is 0 Å². The molecule has 0 spiro atoms. The zero-order chi connectivity index (χ0) is 9.68. The van der Waals surface area contributed by atoms with Crippen LogP contribution in [0, 0.1) is 0 Å². The third-order valence-corrected chi connectivity index (χ3v) is 3.24. The van der Waals surface area contributed by atoms with Gasteiger partial charge in [0.25, 0.3) is 0 Å². The van der Waals surface area contributed by atoms with Gasteiger partial charge in [-0.3, -0.25) is 4.79 Å². The first-order valence-corrected chi connectivity index (χ1v) is 5.47. The van der Waals surface area contributed by atoms with E-state index >= 15 is 0 Å². The van der Waals surface area contributed by atoms with E-state index in [1.165, 1.54) is 11.3 Å². The monoisotopic (exact) mass is 263 g/mol. The number of thiophene rings is 1. The Morgan fingerprint density at radius 3 is 3.00 bits per heavy atom. The Morgan fingerprint density at radius 2 is 2.46 bits per heavy atom. The summed E-state index contributed by atoms with van der Waals surface area (Å²) in [6, 6.07) is 1.85. The molecule has 72 valence electrons. The van der Waals surface area contributed by atoms with Gasteiger partial charge in [0.05, 0.1) is 11.5 Å².